The minimum absolute atomic E-state index is 0.0752. The maximum atomic E-state index is 12.4. The summed E-state index contributed by atoms with van der Waals surface area (Å²) in [6.45, 7) is 2.04. The molecule has 0 bridgehead atoms. The molecule has 0 aromatic carbocycles. The first kappa shape index (κ1) is 17.6. The molecule has 1 rings (SSSR count). The lowest BCUT2D eigenvalue weighted by Crippen LogP contribution is -2.44. The maximum absolute atomic E-state index is 12.4. The van der Waals surface area contributed by atoms with Crippen LogP contribution in [0.4, 0.5) is 0 Å². The summed E-state index contributed by atoms with van der Waals surface area (Å²) in [4.78, 5) is 18.4. The van der Waals surface area contributed by atoms with Gasteiger partial charge < -0.3 is 20.1 Å². The van der Waals surface area contributed by atoms with E-state index in [0.717, 1.165) is 12.1 Å². The van der Waals surface area contributed by atoms with E-state index in [2.05, 4.69) is 4.98 Å². The molecule has 1 amide bonds. The molecule has 0 saturated heterocycles. The summed E-state index contributed by atoms with van der Waals surface area (Å²) in [5.74, 6) is -0.0752. The summed E-state index contributed by atoms with van der Waals surface area (Å²) in [6.07, 6.45) is 3.09. The highest BCUT2D eigenvalue weighted by atomic mass is 16.5. The fraction of sp³-hybridized carbons (Fsp3) is 0.600. The second-order valence-electron chi connectivity index (χ2n) is 4.82. The molecule has 1 aromatic rings. The predicted octanol–water partition coefficient (Wildman–Crippen LogP) is 0.811. The molecular formula is C15H25N3O3. The van der Waals surface area contributed by atoms with E-state index in [4.69, 9.17) is 15.2 Å². The SMILES string of the molecule is COCCCC(N)C(=O)N(CCOC)Cc1ccccn1. The normalized spacial score (nSPS) is 12.1. The minimum atomic E-state index is -0.513. The molecule has 1 atom stereocenters. The zero-order chi connectivity index (χ0) is 15.5. The molecule has 0 aliphatic carbocycles. The topological polar surface area (TPSA) is 77.7 Å². The van der Waals surface area contributed by atoms with Crippen LogP contribution in [0.5, 0.6) is 0 Å². The van der Waals surface area contributed by atoms with Crippen LogP contribution in [0.2, 0.25) is 0 Å². The average molecular weight is 295 g/mol. The Morgan fingerprint density at radius 1 is 1.33 bits per heavy atom. The highest BCUT2D eigenvalue weighted by Crippen LogP contribution is 2.06. The molecule has 0 spiro atoms. The van der Waals surface area contributed by atoms with Gasteiger partial charge in [-0.15, -0.1) is 0 Å². The van der Waals surface area contributed by atoms with Crippen LogP contribution in [0, 0.1) is 0 Å². The van der Waals surface area contributed by atoms with Gasteiger partial charge >= 0.3 is 0 Å². The number of nitrogens with zero attached hydrogens (tertiary/aromatic N) is 2. The molecule has 6 nitrogen and oxygen atoms in total. The molecule has 0 aliphatic heterocycles. The van der Waals surface area contributed by atoms with Crippen molar-refractivity contribution < 1.29 is 14.3 Å². The number of methoxy groups -OCH3 is 2. The second-order valence-corrected chi connectivity index (χ2v) is 4.82. The largest absolute Gasteiger partial charge is 0.385 e. The molecule has 1 unspecified atom stereocenters. The number of hydrogen-bond donors (Lipinski definition) is 1. The summed E-state index contributed by atoms with van der Waals surface area (Å²) >= 11 is 0. The van der Waals surface area contributed by atoms with Crippen molar-refractivity contribution in [2.24, 2.45) is 5.73 Å². The summed E-state index contributed by atoms with van der Waals surface area (Å²) in [5.41, 5.74) is 6.82. The number of ether oxygens (including phenoxy) is 2. The van der Waals surface area contributed by atoms with Crippen molar-refractivity contribution in [2.75, 3.05) is 34.0 Å². The number of hydrogen-bond acceptors (Lipinski definition) is 5. The van der Waals surface area contributed by atoms with E-state index in [0.29, 0.717) is 32.7 Å². The van der Waals surface area contributed by atoms with Gasteiger partial charge in [-0.1, -0.05) is 6.07 Å². The Labute approximate surface area is 126 Å². The third-order valence-electron chi connectivity index (χ3n) is 3.14. The molecular weight excluding hydrogens is 270 g/mol. The van der Waals surface area contributed by atoms with Gasteiger partial charge in [0.2, 0.25) is 5.91 Å². The van der Waals surface area contributed by atoms with Gasteiger partial charge in [0, 0.05) is 33.6 Å². The summed E-state index contributed by atoms with van der Waals surface area (Å²) in [5, 5.41) is 0. The highest BCUT2D eigenvalue weighted by molar-refractivity contribution is 5.81. The van der Waals surface area contributed by atoms with E-state index < -0.39 is 6.04 Å². The summed E-state index contributed by atoms with van der Waals surface area (Å²) in [7, 11) is 3.25. The first-order valence-corrected chi connectivity index (χ1v) is 7.11. The van der Waals surface area contributed by atoms with Gasteiger partial charge in [-0.2, -0.15) is 0 Å². The van der Waals surface area contributed by atoms with Gasteiger partial charge in [-0.25, -0.2) is 0 Å². The first-order chi connectivity index (χ1) is 10.2. The van der Waals surface area contributed by atoms with Gasteiger partial charge in [0.25, 0.3) is 0 Å². The Balaban J connectivity index is 2.60. The molecule has 118 valence electrons. The number of carbonyl (C=O) groups excluding carboxylic acids is 1. The second kappa shape index (κ2) is 10.3. The Morgan fingerprint density at radius 3 is 2.71 bits per heavy atom. The summed E-state index contributed by atoms with van der Waals surface area (Å²) < 4.78 is 10.0. The van der Waals surface area contributed by atoms with Crippen LogP contribution in [-0.4, -0.2) is 55.8 Å². The van der Waals surface area contributed by atoms with Crippen LogP contribution in [0.25, 0.3) is 0 Å². The Hall–Kier alpha value is -1.50. The molecule has 0 radical (unpaired) electrons. The van der Waals surface area contributed by atoms with Crippen molar-refractivity contribution >= 4 is 5.91 Å². The maximum Gasteiger partial charge on any atom is 0.239 e. The number of amides is 1. The molecule has 0 fully saturated rings. The van der Waals surface area contributed by atoms with Gasteiger partial charge in [0.05, 0.1) is 24.9 Å². The molecule has 1 aromatic heterocycles. The number of nitrogens with two attached hydrogens (primary N) is 1. The minimum Gasteiger partial charge on any atom is -0.385 e. The van der Waals surface area contributed by atoms with Crippen LogP contribution in [0.1, 0.15) is 18.5 Å². The Kier molecular flexibility index (Phi) is 8.57. The van der Waals surface area contributed by atoms with Crippen LogP contribution in [-0.2, 0) is 20.8 Å². The Morgan fingerprint density at radius 2 is 2.10 bits per heavy atom. The Bertz CT molecular complexity index is 400. The van der Waals surface area contributed by atoms with Crippen LogP contribution in [0.3, 0.4) is 0 Å². The van der Waals surface area contributed by atoms with Crippen molar-refractivity contribution in [3.05, 3.63) is 30.1 Å². The number of pyridine rings is 1. The average Bonchev–Trinajstić information content (AvgIpc) is 2.51. The lowest BCUT2D eigenvalue weighted by molar-refractivity contribution is -0.134. The van der Waals surface area contributed by atoms with E-state index in [1.807, 2.05) is 18.2 Å². The molecule has 2 N–H and O–H groups in total. The van der Waals surface area contributed by atoms with Gasteiger partial charge in [0.15, 0.2) is 0 Å². The molecule has 0 aliphatic rings. The van der Waals surface area contributed by atoms with E-state index in [1.165, 1.54) is 0 Å². The third-order valence-corrected chi connectivity index (χ3v) is 3.14. The molecule has 0 saturated carbocycles. The quantitative estimate of drug-likeness (QED) is 0.646. The zero-order valence-corrected chi connectivity index (χ0v) is 12.8. The van der Waals surface area contributed by atoms with Crippen molar-refractivity contribution in [3.63, 3.8) is 0 Å². The number of aromatic nitrogens is 1. The summed E-state index contributed by atoms with van der Waals surface area (Å²) in [6, 6.07) is 5.13. The molecule has 1 heterocycles. The van der Waals surface area contributed by atoms with E-state index in [-0.39, 0.29) is 5.91 Å². The van der Waals surface area contributed by atoms with Crippen LogP contribution in [0.15, 0.2) is 24.4 Å². The number of rotatable bonds is 10. The van der Waals surface area contributed by atoms with Crippen molar-refractivity contribution in [2.45, 2.75) is 25.4 Å². The van der Waals surface area contributed by atoms with Crippen molar-refractivity contribution in [3.8, 4) is 0 Å². The van der Waals surface area contributed by atoms with Crippen LogP contribution < -0.4 is 5.73 Å². The van der Waals surface area contributed by atoms with Gasteiger partial charge in [0.1, 0.15) is 0 Å². The van der Waals surface area contributed by atoms with E-state index in [9.17, 15) is 4.79 Å². The smallest absolute Gasteiger partial charge is 0.239 e. The molecule has 21 heavy (non-hydrogen) atoms. The van der Waals surface area contributed by atoms with Gasteiger partial charge in [-0.05, 0) is 25.0 Å². The zero-order valence-electron chi connectivity index (χ0n) is 12.8. The van der Waals surface area contributed by atoms with Crippen molar-refractivity contribution in [1.29, 1.82) is 0 Å². The monoisotopic (exact) mass is 295 g/mol. The third kappa shape index (κ3) is 6.66. The highest BCUT2D eigenvalue weighted by Gasteiger charge is 2.21. The fourth-order valence-electron chi connectivity index (χ4n) is 1.96. The van der Waals surface area contributed by atoms with E-state index >= 15 is 0 Å². The molecule has 6 heteroatoms. The number of carbonyl (C=O) groups is 1. The van der Waals surface area contributed by atoms with Crippen LogP contribution >= 0.6 is 0 Å². The standard InChI is InChI=1S/C15H25N3O3/c1-20-10-5-7-14(16)15(19)18(9-11-21-2)12-13-6-3-4-8-17-13/h3-4,6,8,14H,5,7,9-12,16H2,1-2H3. The predicted molar refractivity (Wildman–Crippen MR) is 80.6 cm³/mol. The first-order valence-electron chi connectivity index (χ1n) is 7.11. The van der Waals surface area contributed by atoms with E-state index in [1.54, 1.807) is 25.3 Å². The lowest BCUT2D eigenvalue weighted by Gasteiger charge is -2.25. The van der Waals surface area contributed by atoms with Gasteiger partial charge in [-0.3, -0.25) is 9.78 Å². The van der Waals surface area contributed by atoms with Crippen molar-refractivity contribution in [1.82, 2.24) is 9.88 Å². The lowest BCUT2D eigenvalue weighted by atomic mass is 10.1. The fourth-order valence-corrected chi connectivity index (χ4v) is 1.96.